The Labute approximate surface area is 427 Å². The molecule has 0 saturated carbocycles. The number of hydrogen-bond acceptors (Lipinski definition) is 11. The summed E-state index contributed by atoms with van der Waals surface area (Å²) in [6.07, 6.45) is 6.87. The van der Waals surface area contributed by atoms with E-state index in [0.717, 1.165) is 94.4 Å². The van der Waals surface area contributed by atoms with Crippen LogP contribution in [-0.4, -0.2) is 74.7 Å². The Balaban J connectivity index is 0.000000226. The number of carbonyl (C=O) groups is 4. The quantitative estimate of drug-likeness (QED) is 0.106. The number of methoxy groups -OCH3 is 2. The van der Waals surface area contributed by atoms with E-state index in [1.165, 1.54) is 9.56 Å². The lowest BCUT2D eigenvalue weighted by Crippen LogP contribution is -2.34. The van der Waals surface area contributed by atoms with Crippen molar-refractivity contribution in [2.75, 3.05) is 27.3 Å². The Morgan fingerprint density at radius 2 is 1.18 bits per heavy atom. The third-order valence-electron chi connectivity index (χ3n) is 11.4. The Hall–Kier alpha value is -4.54. The number of nitrogens with zero attached hydrogens (tertiary/aromatic N) is 5. The van der Waals surface area contributed by atoms with Crippen LogP contribution in [0.3, 0.4) is 0 Å². The summed E-state index contributed by atoms with van der Waals surface area (Å²) in [4.78, 5) is 53.7. The number of likely N-dealkylation sites (tertiary alicyclic amines) is 1. The van der Waals surface area contributed by atoms with E-state index in [4.69, 9.17) is 49.4 Å². The van der Waals surface area contributed by atoms with Crippen molar-refractivity contribution in [1.29, 1.82) is 0 Å². The van der Waals surface area contributed by atoms with Crippen molar-refractivity contribution in [1.82, 2.24) is 29.8 Å². The molecule has 1 amide bonds. The van der Waals surface area contributed by atoms with Crippen LogP contribution in [0.2, 0.25) is 8.67 Å². The molecule has 2 aliphatic rings. The van der Waals surface area contributed by atoms with Crippen LogP contribution in [0.15, 0.2) is 84.9 Å². The topological polar surface area (TPSA) is 138 Å². The Kier molecular flexibility index (Phi) is 20.7. The average Bonchev–Trinajstić information content (AvgIpc) is 4.20. The van der Waals surface area contributed by atoms with E-state index in [-0.39, 0.29) is 59.3 Å². The van der Waals surface area contributed by atoms with E-state index < -0.39 is 0 Å². The molecule has 6 aromatic rings. The summed E-state index contributed by atoms with van der Waals surface area (Å²) in [6.45, 7) is 9.06. The highest BCUT2D eigenvalue weighted by Crippen LogP contribution is 2.34. The van der Waals surface area contributed by atoms with Crippen LogP contribution in [0.4, 0.5) is 0 Å². The minimum Gasteiger partial charge on any atom is -0.496 e. The van der Waals surface area contributed by atoms with Crippen molar-refractivity contribution < 1.29 is 28.7 Å². The smallest absolute Gasteiger partial charge is 0.282 e. The van der Waals surface area contributed by atoms with Crippen LogP contribution < -0.4 is 14.8 Å². The molecule has 4 aromatic heterocycles. The van der Waals surface area contributed by atoms with Gasteiger partial charge >= 0.3 is 0 Å². The van der Waals surface area contributed by atoms with Crippen LogP contribution in [0.25, 0.3) is 0 Å². The Bertz CT molecular complexity index is 2630. The summed E-state index contributed by atoms with van der Waals surface area (Å²) in [5.41, 5.74) is 4.39. The largest absolute Gasteiger partial charge is 0.496 e. The van der Waals surface area contributed by atoms with E-state index in [9.17, 15) is 19.2 Å². The van der Waals surface area contributed by atoms with Crippen molar-refractivity contribution in [2.45, 2.75) is 91.1 Å². The van der Waals surface area contributed by atoms with Gasteiger partial charge in [-0.15, -0.1) is 35.1 Å². The number of amides is 1. The second-order valence-electron chi connectivity index (χ2n) is 16.8. The monoisotopic (exact) mass is 1040 g/mol. The summed E-state index contributed by atoms with van der Waals surface area (Å²) in [7, 11) is 3.13. The summed E-state index contributed by atoms with van der Waals surface area (Å²) < 4.78 is 15.4. The molecule has 8 rings (SSSR count). The molecule has 0 bridgehead atoms. The maximum atomic E-state index is 13.5. The molecule has 2 aliphatic heterocycles. The summed E-state index contributed by atoms with van der Waals surface area (Å²) in [6, 6.07) is 26.4. The van der Waals surface area contributed by atoms with Gasteiger partial charge in [0.2, 0.25) is 11.1 Å². The average molecular weight is 1040 g/mol. The molecular weight excluding hydrogens is 987 g/mol. The van der Waals surface area contributed by atoms with Crippen LogP contribution in [0, 0.1) is 11.8 Å². The zero-order valence-electron chi connectivity index (χ0n) is 39.0. The first-order chi connectivity index (χ1) is 32.2. The number of hydrogen-bond donors (Lipinski definition) is 1. The third-order valence-corrected chi connectivity index (χ3v) is 14.4. The van der Waals surface area contributed by atoms with Crippen molar-refractivity contribution in [3.63, 3.8) is 0 Å². The molecule has 68 heavy (non-hydrogen) atoms. The predicted molar refractivity (Wildman–Crippen MR) is 275 cm³/mol. The number of benzene rings is 2. The van der Waals surface area contributed by atoms with Gasteiger partial charge in [-0.1, -0.05) is 75.2 Å². The lowest BCUT2D eigenvalue weighted by atomic mass is 10.1. The third kappa shape index (κ3) is 14.0. The molecule has 18 heteroatoms. The first-order valence-electron chi connectivity index (χ1n) is 22.4. The lowest BCUT2D eigenvalue weighted by molar-refractivity contribution is -0.135. The molecule has 2 saturated heterocycles. The molecule has 2 fully saturated rings. The lowest BCUT2D eigenvalue weighted by Gasteiger charge is -2.25. The molecular formula is C50H58Cl4N6O6S2. The number of rotatable bonds is 14. The summed E-state index contributed by atoms with van der Waals surface area (Å²) >= 11 is 20.2. The van der Waals surface area contributed by atoms with E-state index in [1.807, 2.05) is 73.3 Å². The molecule has 2 atom stereocenters. The van der Waals surface area contributed by atoms with E-state index >= 15 is 0 Å². The minimum absolute atomic E-state index is 0. The van der Waals surface area contributed by atoms with Gasteiger partial charge in [0.25, 0.3) is 11.8 Å². The summed E-state index contributed by atoms with van der Waals surface area (Å²) in [5, 5.41) is 12.6. The maximum absolute atomic E-state index is 13.5. The van der Waals surface area contributed by atoms with Gasteiger partial charge in [-0.3, -0.25) is 19.2 Å². The number of aryl methyl sites for hydroxylation is 4. The van der Waals surface area contributed by atoms with Gasteiger partial charge in [0.15, 0.2) is 0 Å². The van der Waals surface area contributed by atoms with Gasteiger partial charge < -0.3 is 19.7 Å². The number of halogens is 4. The molecule has 6 heterocycles. The molecule has 0 radical (unpaired) electrons. The minimum atomic E-state index is -0.269. The fourth-order valence-electron chi connectivity index (χ4n) is 7.87. The molecule has 2 aromatic carbocycles. The number of para-hydroxylation sites is 2. The highest BCUT2D eigenvalue weighted by molar-refractivity contribution is 7.16. The zero-order chi connectivity index (χ0) is 48.2. The van der Waals surface area contributed by atoms with Crippen molar-refractivity contribution in [3.05, 3.63) is 137 Å². The SMILES string of the molecule is CC(C)C(=O)Cl.COc1ccccc1C(=O)n1nc(C2CCCN2)cc1CCc1ccc(Cl)s1.COc1ccccc1C(=O)n1nc(C2CCCN2C(=O)C(C)C)cc1CCc1ccc(Cl)s1.Cl. The zero-order valence-corrected chi connectivity index (χ0v) is 43.7. The second kappa shape index (κ2) is 25.9. The van der Waals surface area contributed by atoms with Gasteiger partial charge in [0.05, 0.1) is 57.5 Å². The molecule has 2 unspecified atom stereocenters. The molecule has 364 valence electrons. The fraction of sp³-hybridized carbons (Fsp3) is 0.400. The van der Waals surface area contributed by atoms with Crippen LogP contribution in [0.1, 0.15) is 119 Å². The van der Waals surface area contributed by atoms with Crippen LogP contribution >= 0.6 is 69.9 Å². The van der Waals surface area contributed by atoms with E-state index in [1.54, 1.807) is 79.7 Å². The van der Waals surface area contributed by atoms with Gasteiger partial charge in [-0.25, -0.2) is 9.36 Å². The van der Waals surface area contributed by atoms with Gasteiger partial charge in [-0.2, -0.15) is 10.2 Å². The van der Waals surface area contributed by atoms with Crippen molar-refractivity contribution in [2.24, 2.45) is 11.8 Å². The van der Waals surface area contributed by atoms with Gasteiger partial charge in [-0.05, 0) is 130 Å². The highest BCUT2D eigenvalue weighted by atomic mass is 35.5. The number of ether oxygens (including phenoxy) is 2. The Morgan fingerprint density at radius 1 is 0.691 bits per heavy atom. The van der Waals surface area contributed by atoms with Gasteiger partial charge in [0.1, 0.15) is 11.5 Å². The number of thiophene rings is 2. The Morgan fingerprint density at radius 3 is 1.60 bits per heavy atom. The fourth-order valence-corrected chi connectivity index (χ4v) is 10.0. The van der Waals surface area contributed by atoms with Crippen molar-refractivity contribution in [3.8, 4) is 11.5 Å². The summed E-state index contributed by atoms with van der Waals surface area (Å²) in [5.74, 6) is 0.682. The van der Waals surface area contributed by atoms with Crippen LogP contribution in [0.5, 0.6) is 11.5 Å². The predicted octanol–water partition coefficient (Wildman–Crippen LogP) is 11.7. The van der Waals surface area contributed by atoms with E-state index in [2.05, 4.69) is 16.5 Å². The maximum Gasteiger partial charge on any atom is 0.282 e. The van der Waals surface area contributed by atoms with Crippen molar-refractivity contribution >= 4 is 92.8 Å². The van der Waals surface area contributed by atoms with E-state index in [0.29, 0.717) is 29.0 Å². The molecule has 1 N–H and O–H groups in total. The molecule has 12 nitrogen and oxygen atoms in total. The number of aromatic nitrogens is 4. The highest BCUT2D eigenvalue weighted by Gasteiger charge is 2.34. The molecule has 0 aliphatic carbocycles. The number of carbonyl (C=O) groups excluding carboxylic acids is 4. The normalized spacial score (nSPS) is 15.3. The number of nitrogens with one attached hydrogen (secondary N) is 1. The second-order valence-corrected chi connectivity index (χ2v) is 20.8. The molecule has 0 spiro atoms. The van der Waals surface area contributed by atoms with Gasteiger partial charge in [0, 0.05) is 39.5 Å². The first kappa shape index (κ1) is 54.4. The van der Waals surface area contributed by atoms with Crippen LogP contribution in [-0.2, 0) is 35.3 Å². The standard InChI is InChI=1S/C25H28ClN3O3S.C21H22ClN3O2S.C4H7ClO.ClH/c1-16(2)24(30)28-14-6-8-21(28)20-15-17(10-11-18-12-13-23(26)33-18)29(27-20)25(31)19-7-4-5-9-22(19)32-3;1-27-19-7-3-2-5-16(19)21(26)25-14(8-9-15-10-11-20(22)28-15)13-18(24-25)17-6-4-12-23-17;1-3(2)4(5)6;/h4-5,7,9,12-13,15-16,21H,6,8,10-11,14H2,1-3H3;2-3,5,7,10-11,13,17,23H,4,6,8-9,12H2,1H3;3H,1-2H3;1H. The first-order valence-corrected chi connectivity index (χ1v) is 25.2.